The molecule has 2 heterocycles. The Morgan fingerprint density at radius 1 is 1.00 bits per heavy atom. The number of hydrogen-bond donors (Lipinski definition) is 1. The van der Waals surface area contributed by atoms with E-state index in [9.17, 15) is 16.8 Å². The maximum absolute atomic E-state index is 12.6. The summed E-state index contributed by atoms with van der Waals surface area (Å²) < 4.78 is 48.8. The van der Waals surface area contributed by atoms with E-state index in [1.807, 2.05) is 0 Å². The van der Waals surface area contributed by atoms with Crippen LogP contribution in [0.5, 0.6) is 0 Å². The minimum atomic E-state index is -3.85. The Kier molecular flexibility index (Phi) is 3.48. The molecule has 0 amide bonds. The third-order valence-electron chi connectivity index (χ3n) is 3.34. The van der Waals surface area contributed by atoms with Crippen molar-refractivity contribution in [3.05, 3.63) is 48.0 Å². The first-order valence-electron chi connectivity index (χ1n) is 6.19. The lowest BCUT2D eigenvalue weighted by atomic mass is 10.3. The van der Waals surface area contributed by atoms with Crippen LogP contribution in [0, 0.1) is 0 Å². The summed E-state index contributed by atoms with van der Waals surface area (Å²) >= 11 is 0. The summed E-state index contributed by atoms with van der Waals surface area (Å²) in [5.74, 6) is 0. The van der Waals surface area contributed by atoms with Crippen LogP contribution in [0.3, 0.4) is 0 Å². The summed E-state index contributed by atoms with van der Waals surface area (Å²) in [5, 5.41) is 4.99. The van der Waals surface area contributed by atoms with Gasteiger partial charge >= 0.3 is 0 Å². The fourth-order valence-electron chi connectivity index (χ4n) is 2.19. The highest BCUT2D eigenvalue weighted by Crippen LogP contribution is 2.27. The van der Waals surface area contributed by atoms with Gasteiger partial charge in [-0.2, -0.15) is 4.31 Å². The van der Waals surface area contributed by atoms with Crippen LogP contribution in [-0.2, 0) is 33.1 Å². The highest BCUT2D eigenvalue weighted by Gasteiger charge is 2.31. The number of benzene rings is 1. The molecule has 0 fully saturated rings. The number of fused-ring (bicyclic) bond motifs is 1. The van der Waals surface area contributed by atoms with Gasteiger partial charge in [0.1, 0.15) is 6.33 Å². The summed E-state index contributed by atoms with van der Waals surface area (Å²) in [4.78, 5) is 7.78. The van der Waals surface area contributed by atoms with E-state index in [2.05, 4.69) is 9.97 Å². The van der Waals surface area contributed by atoms with Gasteiger partial charge in [0.15, 0.2) is 0 Å². The second-order valence-electron chi connectivity index (χ2n) is 4.78. The quantitative estimate of drug-likeness (QED) is 0.827. The van der Waals surface area contributed by atoms with E-state index in [1.54, 1.807) is 6.20 Å². The zero-order chi connectivity index (χ0) is 16.0. The molecule has 1 aromatic heterocycles. The van der Waals surface area contributed by atoms with Crippen LogP contribution >= 0.6 is 0 Å². The Bertz CT molecular complexity index is 899. The zero-order valence-electron chi connectivity index (χ0n) is 11.2. The van der Waals surface area contributed by atoms with Crippen molar-refractivity contribution in [1.29, 1.82) is 0 Å². The topological polar surface area (TPSA) is 123 Å². The van der Waals surface area contributed by atoms with E-state index >= 15 is 0 Å². The number of hydrogen-bond acceptors (Lipinski definition) is 6. The normalized spacial score (nSPS) is 15.7. The molecule has 22 heavy (non-hydrogen) atoms. The predicted octanol–water partition coefficient (Wildman–Crippen LogP) is -0.171. The smallest absolute Gasteiger partial charge is 0.243 e. The summed E-state index contributed by atoms with van der Waals surface area (Å²) in [6.45, 7) is 0.354. The summed E-state index contributed by atoms with van der Waals surface area (Å²) in [7, 11) is -7.59. The first-order valence-corrected chi connectivity index (χ1v) is 9.18. The number of sulfonamides is 2. The maximum atomic E-state index is 12.6. The van der Waals surface area contributed by atoms with Gasteiger partial charge in [-0.1, -0.05) is 0 Å². The van der Waals surface area contributed by atoms with Gasteiger partial charge in [0.05, 0.1) is 22.0 Å². The van der Waals surface area contributed by atoms with Crippen molar-refractivity contribution in [2.75, 3.05) is 0 Å². The van der Waals surface area contributed by atoms with E-state index in [0.29, 0.717) is 5.69 Å². The SMILES string of the molecule is NS(=O)(=O)c1ccc(S(=O)(=O)N2Cc3cncnc3C2)cc1. The molecule has 116 valence electrons. The van der Waals surface area contributed by atoms with Crippen LogP contribution in [0.25, 0.3) is 0 Å². The molecule has 2 N–H and O–H groups in total. The first-order chi connectivity index (χ1) is 10.3. The Hall–Kier alpha value is -1.88. The fraction of sp³-hybridized carbons (Fsp3) is 0.167. The fourth-order valence-corrected chi connectivity index (χ4v) is 4.09. The summed E-state index contributed by atoms with van der Waals surface area (Å²) in [5.41, 5.74) is 1.42. The Labute approximate surface area is 127 Å². The Balaban J connectivity index is 1.92. The predicted molar refractivity (Wildman–Crippen MR) is 76.3 cm³/mol. The molecule has 0 saturated carbocycles. The Morgan fingerprint density at radius 3 is 2.23 bits per heavy atom. The molecule has 10 heteroatoms. The van der Waals surface area contributed by atoms with Crippen molar-refractivity contribution in [2.24, 2.45) is 5.14 Å². The van der Waals surface area contributed by atoms with Crippen LogP contribution in [0.2, 0.25) is 0 Å². The molecule has 3 rings (SSSR count). The van der Waals surface area contributed by atoms with Gasteiger partial charge in [0.25, 0.3) is 0 Å². The number of nitrogens with two attached hydrogens (primary N) is 1. The molecule has 0 unspecified atom stereocenters. The monoisotopic (exact) mass is 340 g/mol. The molecule has 1 aromatic carbocycles. The average molecular weight is 340 g/mol. The third-order valence-corrected chi connectivity index (χ3v) is 6.08. The third kappa shape index (κ3) is 2.61. The van der Waals surface area contributed by atoms with Crippen molar-refractivity contribution >= 4 is 20.0 Å². The van der Waals surface area contributed by atoms with E-state index in [-0.39, 0.29) is 22.9 Å². The molecule has 8 nitrogen and oxygen atoms in total. The number of primary sulfonamides is 1. The molecule has 0 spiro atoms. The molecule has 0 saturated heterocycles. The van der Waals surface area contributed by atoms with Gasteiger partial charge in [-0.15, -0.1) is 0 Å². The van der Waals surface area contributed by atoms with Crippen LogP contribution in [0.4, 0.5) is 0 Å². The standard InChI is InChI=1S/C12H12N4O4S2/c13-21(17,18)10-1-3-11(4-2-10)22(19,20)16-6-9-5-14-8-15-12(9)7-16/h1-5,8H,6-7H2,(H2,13,17,18). The first kappa shape index (κ1) is 15.0. The lowest BCUT2D eigenvalue weighted by molar-refractivity contribution is 0.429. The highest BCUT2D eigenvalue weighted by atomic mass is 32.2. The van der Waals surface area contributed by atoms with Gasteiger partial charge < -0.3 is 0 Å². The van der Waals surface area contributed by atoms with Gasteiger partial charge in [0, 0.05) is 18.3 Å². The molecular weight excluding hydrogens is 328 g/mol. The van der Waals surface area contributed by atoms with Crippen molar-refractivity contribution in [1.82, 2.24) is 14.3 Å². The van der Waals surface area contributed by atoms with Gasteiger partial charge in [-0.05, 0) is 24.3 Å². The van der Waals surface area contributed by atoms with Crippen LogP contribution in [0.1, 0.15) is 11.3 Å². The minimum Gasteiger partial charge on any atom is -0.244 e. The largest absolute Gasteiger partial charge is 0.244 e. The van der Waals surface area contributed by atoms with Crippen LogP contribution in [0.15, 0.2) is 46.6 Å². The van der Waals surface area contributed by atoms with E-state index in [4.69, 9.17) is 5.14 Å². The maximum Gasteiger partial charge on any atom is 0.243 e. The second-order valence-corrected chi connectivity index (χ2v) is 8.28. The van der Waals surface area contributed by atoms with Crippen molar-refractivity contribution in [3.63, 3.8) is 0 Å². The van der Waals surface area contributed by atoms with Crippen molar-refractivity contribution < 1.29 is 16.8 Å². The molecule has 0 radical (unpaired) electrons. The van der Waals surface area contributed by atoms with E-state index in [1.165, 1.54) is 34.9 Å². The average Bonchev–Trinajstić information content (AvgIpc) is 2.91. The second kappa shape index (κ2) is 5.09. The van der Waals surface area contributed by atoms with Crippen LogP contribution < -0.4 is 5.14 Å². The van der Waals surface area contributed by atoms with Crippen molar-refractivity contribution in [2.45, 2.75) is 22.9 Å². The van der Waals surface area contributed by atoms with Gasteiger partial charge in [-0.25, -0.2) is 31.9 Å². The molecule has 0 atom stereocenters. The van der Waals surface area contributed by atoms with Crippen molar-refractivity contribution in [3.8, 4) is 0 Å². The lowest BCUT2D eigenvalue weighted by Gasteiger charge is -2.15. The summed E-state index contributed by atoms with van der Waals surface area (Å²) in [6.07, 6.45) is 2.96. The minimum absolute atomic E-state index is 0.000616. The molecular formula is C12H12N4O4S2. The number of aromatic nitrogens is 2. The molecule has 0 bridgehead atoms. The van der Waals surface area contributed by atoms with Crippen LogP contribution in [-0.4, -0.2) is 31.1 Å². The molecule has 1 aliphatic rings. The zero-order valence-corrected chi connectivity index (χ0v) is 12.9. The molecule has 1 aliphatic heterocycles. The number of rotatable bonds is 3. The van der Waals surface area contributed by atoms with Gasteiger partial charge in [-0.3, -0.25) is 0 Å². The lowest BCUT2D eigenvalue weighted by Crippen LogP contribution is -2.25. The molecule has 2 aromatic rings. The van der Waals surface area contributed by atoms with Gasteiger partial charge in [0.2, 0.25) is 20.0 Å². The van der Waals surface area contributed by atoms with E-state index < -0.39 is 20.0 Å². The van der Waals surface area contributed by atoms with E-state index in [0.717, 1.165) is 5.56 Å². The highest BCUT2D eigenvalue weighted by molar-refractivity contribution is 7.89. The Morgan fingerprint density at radius 2 is 1.64 bits per heavy atom. The summed E-state index contributed by atoms with van der Waals surface area (Å²) in [6, 6.07) is 4.80. The molecule has 0 aliphatic carbocycles. The number of nitrogens with zero attached hydrogens (tertiary/aromatic N) is 3.